The molecule has 0 aliphatic carbocycles. The molecular formula is C34H35Cl2N5O5. The topological polar surface area (TPSA) is 149 Å². The fraction of sp³-hybridized carbons (Fsp3) is 0.235. The molecule has 4 aromatic rings. The lowest BCUT2D eigenvalue weighted by Crippen LogP contribution is -2.14. The van der Waals surface area contributed by atoms with Gasteiger partial charge in [-0.1, -0.05) is 47.9 Å². The summed E-state index contributed by atoms with van der Waals surface area (Å²) >= 11 is 11.8. The first-order chi connectivity index (χ1) is 21.6. The summed E-state index contributed by atoms with van der Waals surface area (Å²) in [6, 6.07) is 15.5. The Morgan fingerprint density at radius 1 is 0.957 bits per heavy atom. The molecule has 0 saturated carbocycles. The van der Waals surface area contributed by atoms with Crippen molar-refractivity contribution in [3.05, 3.63) is 93.9 Å². The second-order valence-electron chi connectivity index (χ2n) is 9.36. The summed E-state index contributed by atoms with van der Waals surface area (Å²) in [5.74, 6) is 1.03. The van der Waals surface area contributed by atoms with Crippen LogP contribution in [0.1, 0.15) is 38.8 Å². The van der Waals surface area contributed by atoms with Gasteiger partial charge in [-0.2, -0.15) is 0 Å². The highest BCUT2D eigenvalue weighted by atomic mass is 35.5. The van der Waals surface area contributed by atoms with E-state index in [1.165, 1.54) is 0 Å². The van der Waals surface area contributed by atoms with E-state index in [4.69, 9.17) is 38.9 Å². The molecule has 0 unspecified atom stereocenters. The van der Waals surface area contributed by atoms with E-state index in [1.807, 2.05) is 48.5 Å². The molecule has 0 bridgehead atoms. The number of nitrogens with two attached hydrogens (primary N) is 1. The molecule has 0 radical (unpaired) electrons. The molecule has 5 rings (SSSR count). The number of esters is 2. The Balaban J connectivity index is 0.000000270. The molecule has 46 heavy (non-hydrogen) atoms. The van der Waals surface area contributed by atoms with Crippen LogP contribution in [0.3, 0.4) is 0 Å². The summed E-state index contributed by atoms with van der Waals surface area (Å²) in [6.07, 6.45) is 11.5. The molecule has 1 aliphatic heterocycles. The van der Waals surface area contributed by atoms with E-state index in [0.717, 1.165) is 38.6 Å². The smallest absolute Gasteiger partial charge is 0.384 e. The number of terminal acetylenes is 1. The van der Waals surface area contributed by atoms with E-state index >= 15 is 0 Å². The third kappa shape index (κ3) is 11.5. The zero-order chi connectivity index (χ0) is 32.8. The van der Waals surface area contributed by atoms with E-state index in [-0.39, 0.29) is 19.2 Å². The van der Waals surface area contributed by atoms with Crippen molar-refractivity contribution in [1.29, 1.82) is 0 Å². The molecule has 3 heterocycles. The van der Waals surface area contributed by atoms with Crippen LogP contribution in [0.2, 0.25) is 10.0 Å². The molecule has 2 aromatic heterocycles. The monoisotopic (exact) mass is 663 g/mol. The number of amidine groups is 1. The number of pyridine rings is 2. The van der Waals surface area contributed by atoms with E-state index < -0.39 is 5.97 Å². The van der Waals surface area contributed by atoms with Crippen LogP contribution in [0.4, 0.5) is 0 Å². The van der Waals surface area contributed by atoms with Crippen molar-refractivity contribution in [3.8, 4) is 12.3 Å². The number of nitrogens with zero attached hydrogens (tertiary/aromatic N) is 4. The van der Waals surface area contributed by atoms with Gasteiger partial charge in [-0.05, 0) is 67.4 Å². The number of hydrogen-bond acceptors (Lipinski definition) is 9. The third-order valence-electron chi connectivity index (χ3n) is 6.03. The van der Waals surface area contributed by atoms with Gasteiger partial charge in [0.2, 0.25) is 0 Å². The maximum atomic E-state index is 11.6. The molecule has 0 amide bonds. The molecule has 12 heteroatoms. The minimum Gasteiger partial charge on any atom is -0.461 e. The number of rotatable bonds is 7. The lowest BCUT2D eigenvalue weighted by atomic mass is 10.0. The Labute approximate surface area is 277 Å². The second kappa shape index (κ2) is 18.7. The number of benzene rings is 2. The van der Waals surface area contributed by atoms with Crippen molar-refractivity contribution >= 4 is 68.5 Å². The van der Waals surface area contributed by atoms with E-state index in [2.05, 4.69) is 37.3 Å². The second-order valence-corrected chi connectivity index (χ2v) is 10.2. The van der Waals surface area contributed by atoms with Gasteiger partial charge in [0.1, 0.15) is 11.5 Å². The van der Waals surface area contributed by atoms with Crippen molar-refractivity contribution < 1.29 is 24.3 Å². The minimum absolute atomic E-state index is 0. The van der Waals surface area contributed by atoms with Crippen LogP contribution in [-0.2, 0) is 31.9 Å². The van der Waals surface area contributed by atoms with Crippen molar-refractivity contribution in [2.75, 3.05) is 13.2 Å². The summed E-state index contributed by atoms with van der Waals surface area (Å²) in [4.78, 5) is 34.4. The average Bonchev–Trinajstić information content (AvgIpc) is 3.50. The molecule has 10 nitrogen and oxygen atoms in total. The van der Waals surface area contributed by atoms with Crippen LogP contribution in [0, 0.1) is 12.3 Å². The Morgan fingerprint density at radius 2 is 1.52 bits per heavy atom. The van der Waals surface area contributed by atoms with E-state index in [1.54, 1.807) is 32.2 Å². The lowest BCUT2D eigenvalue weighted by molar-refractivity contribution is -0.138. The number of carbonyl (C=O) groups excluding carboxylic acids is 2. The van der Waals surface area contributed by atoms with Crippen LogP contribution in [0.25, 0.3) is 21.8 Å². The number of aliphatic imine (C=N–C) groups is 1. The Kier molecular flexibility index (Phi) is 15.2. The molecule has 2 aromatic carbocycles. The van der Waals surface area contributed by atoms with Gasteiger partial charge in [-0.25, -0.2) is 14.6 Å². The minimum atomic E-state index is -0.595. The number of halogens is 2. The van der Waals surface area contributed by atoms with E-state index in [0.29, 0.717) is 48.2 Å². The maximum Gasteiger partial charge on any atom is 0.384 e. The Morgan fingerprint density at radius 3 is 2.04 bits per heavy atom. The molecule has 1 aliphatic rings. The summed E-state index contributed by atoms with van der Waals surface area (Å²) in [6.45, 7) is 4.20. The Bertz CT molecular complexity index is 1820. The average molecular weight is 665 g/mol. The predicted octanol–water partition coefficient (Wildman–Crippen LogP) is 6.72. The highest BCUT2D eigenvalue weighted by Crippen LogP contribution is 2.21. The van der Waals surface area contributed by atoms with Crippen LogP contribution < -0.4 is 5.73 Å². The first-order valence-corrected chi connectivity index (χ1v) is 14.5. The predicted molar refractivity (Wildman–Crippen MR) is 183 cm³/mol. The van der Waals surface area contributed by atoms with Gasteiger partial charge in [-0.3, -0.25) is 9.97 Å². The fourth-order valence-electron chi connectivity index (χ4n) is 4.10. The van der Waals surface area contributed by atoms with Crippen LogP contribution >= 0.6 is 23.2 Å². The number of hydrogen-bond donors (Lipinski definition) is 2. The summed E-state index contributed by atoms with van der Waals surface area (Å²) < 4.78 is 9.27. The number of ether oxygens (including phenoxy) is 2. The van der Waals surface area contributed by atoms with Crippen LogP contribution in [0.15, 0.2) is 82.8 Å². The van der Waals surface area contributed by atoms with Crippen LogP contribution in [-0.4, -0.2) is 51.9 Å². The fourth-order valence-corrected chi connectivity index (χ4v) is 4.44. The number of aromatic nitrogens is 2. The highest BCUT2D eigenvalue weighted by molar-refractivity contribution is 6.31. The van der Waals surface area contributed by atoms with Gasteiger partial charge in [0, 0.05) is 54.1 Å². The molecule has 0 saturated heterocycles. The van der Waals surface area contributed by atoms with Gasteiger partial charge in [-0.15, -0.1) is 6.42 Å². The summed E-state index contributed by atoms with van der Waals surface area (Å²) in [5.41, 5.74) is 10.6. The summed E-state index contributed by atoms with van der Waals surface area (Å²) in [5, 5.41) is 14.6. The van der Waals surface area contributed by atoms with Gasteiger partial charge < -0.3 is 20.4 Å². The van der Waals surface area contributed by atoms with E-state index in [9.17, 15) is 9.59 Å². The zero-order valence-electron chi connectivity index (χ0n) is 24.7. The molecule has 0 atom stereocenters. The lowest BCUT2D eigenvalue weighted by Gasteiger charge is -2.04. The largest absolute Gasteiger partial charge is 0.461 e. The number of fused-ring (bicyclic) bond motifs is 2. The first kappa shape index (κ1) is 37.2. The quantitative estimate of drug-likeness (QED) is 0.0421. The van der Waals surface area contributed by atoms with Crippen LogP contribution in [0.5, 0.6) is 0 Å². The van der Waals surface area contributed by atoms with Crippen molar-refractivity contribution in [3.63, 3.8) is 0 Å². The normalized spacial score (nSPS) is 11.8. The van der Waals surface area contributed by atoms with Crippen molar-refractivity contribution in [2.24, 2.45) is 15.9 Å². The number of oxime groups is 1. The summed E-state index contributed by atoms with van der Waals surface area (Å²) in [7, 11) is 0. The first-order valence-electron chi connectivity index (χ1n) is 13.8. The standard InChI is InChI=1S/C17H15ClN2O2.C11H10ClN3O.C5H6O2.CH4/c1-2-22-17(21)16-6-4-14(20-16)8-11-3-5-15-12(7-11)9-13(18)10-19-15;12-9-5-8-3-7(4-11(13)15-16)1-2-10(8)14-6-9;1-3-5(6)7-4-2;/h3,5-7,9-10H,2,4,8H2,1H3;1-3,5-6,16H,4H2,(H2,13,15);1H,4H2,2H3;1H4. The molecule has 0 spiro atoms. The molecular weight excluding hydrogens is 629 g/mol. The van der Waals surface area contributed by atoms with Gasteiger partial charge in [0.15, 0.2) is 0 Å². The van der Waals surface area contributed by atoms with Crippen molar-refractivity contribution in [1.82, 2.24) is 9.97 Å². The number of allylic oxidation sites excluding steroid dienone is 1. The van der Waals surface area contributed by atoms with Gasteiger partial charge in [0.25, 0.3) is 0 Å². The highest BCUT2D eigenvalue weighted by Gasteiger charge is 2.16. The Hall–Kier alpha value is -4.98. The van der Waals surface area contributed by atoms with Gasteiger partial charge >= 0.3 is 11.9 Å². The molecule has 240 valence electrons. The molecule has 0 fully saturated rings. The SMILES string of the molecule is C.C#CC(=O)OCC.CCOC(=O)C1=CCC(Cc2ccc3ncc(Cl)cc3c2)=N1.NC(Cc1ccc2ncc(Cl)cc2c1)=NO. The third-order valence-corrected chi connectivity index (χ3v) is 6.45. The number of carbonyl (C=O) groups is 2. The molecule has 3 N–H and O–H groups in total. The zero-order valence-corrected chi connectivity index (χ0v) is 26.2. The van der Waals surface area contributed by atoms with Crippen molar-refractivity contribution in [2.45, 2.75) is 40.5 Å². The van der Waals surface area contributed by atoms with Gasteiger partial charge in [0.05, 0.1) is 34.3 Å². The maximum absolute atomic E-state index is 11.6.